The van der Waals surface area contributed by atoms with Crippen LogP contribution in [0.4, 0.5) is 4.79 Å². The summed E-state index contributed by atoms with van der Waals surface area (Å²) in [4.78, 5) is 30.6. The zero-order valence-corrected chi connectivity index (χ0v) is 20.0. The first kappa shape index (κ1) is 23.9. The van der Waals surface area contributed by atoms with E-state index >= 15 is 0 Å². The Morgan fingerprint density at radius 3 is 2.78 bits per heavy atom. The Bertz CT molecular complexity index is 901. The molecule has 1 atom stereocenters. The summed E-state index contributed by atoms with van der Waals surface area (Å²) in [6.45, 7) is 6.20. The monoisotopic (exact) mass is 459 g/mol. The van der Waals surface area contributed by atoms with Gasteiger partial charge in [0.2, 0.25) is 5.91 Å². The first-order valence-corrected chi connectivity index (χ1v) is 12.1. The van der Waals surface area contributed by atoms with Gasteiger partial charge in [0.05, 0.1) is 13.2 Å². The third kappa shape index (κ3) is 5.94. The van der Waals surface area contributed by atoms with Crippen LogP contribution in [0, 0.1) is 0 Å². The molecule has 0 aliphatic carbocycles. The number of fused-ring (bicyclic) bond motifs is 1. The number of urea groups is 1. The molecule has 2 heterocycles. The van der Waals surface area contributed by atoms with E-state index in [9.17, 15) is 9.59 Å². The van der Waals surface area contributed by atoms with Gasteiger partial charge in [-0.05, 0) is 48.4 Å². The average molecular weight is 460 g/mol. The Morgan fingerprint density at radius 1 is 1.22 bits per heavy atom. The summed E-state index contributed by atoms with van der Waals surface area (Å²) >= 11 is 1.72. The predicted molar refractivity (Wildman–Crippen MR) is 127 cm³/mol. The quantitative estimate of drug-likeness (QED) is 0.581. The minimum atomic E-state index is -0.189. The smallest absolute Gasteiger partial charge is 0.317 e. The average Bonchev–Trinajstić information content (AvgIpc) is 3.29. The van der Waals surface area contributed by atoms with Crippen molar-refractivity contribution in [1.82, 2.24) is 15.1 Å². The van der Waals surface area contributed by atoms with Gasteiger partial charge >= 0.3 is 6.03 Å². The lowest BCUT2D eigenvalue weighted by Crippen LogP contribution is -2.50. The Morgan fingerprint density at radius 2 is 2.03 bits per heavy atom. The highest BCUT2D eigenvalue weighted by atomic mass is 32.1. The molecule has 1 aliphatic rings. The predicted octanol–water partition coefficient (Wildman–Crippen LogP) is 4.09. The van der Waals surface area contributed by atoms with Gasteiger partial charge in [0.25, 0.3) is 0 Å². The third-order valence-electron chi connectivity index (χ3n) is 5.50. The molecule has 32 heavy (non-hydrogen) atoms. The summed E-state index contributed by atoms with van der Waals surface area (Å²) in [5.74, 6) is 1.37. The summed E-state index contributed by atoms with van der Waals surface area (Å²) in [6.07, 6.45) is 2.48. The van der Waals surface area contributed by atoms with Crippen LogP contribution in [-0.4, -0.2) is 61.6 Å². The minimum Gasteiger partial charge on any atom is -0.497 e. The van der Waals surface area contributed by atoms with Gasteiger partial charge in [-0.25, -0.2) is 4.79 Å². The fourth-order valence-electron chi connectivity index (χ4n) is 3.86. The summed E-state index contributed by atoms with van der Waals surface area (Å²) in [5.41, 5.74) is 1.13. The number of benzene rings is 1. The normalized spacial score (nSPS) is 15.1. The number of thiophene rings is 1. The van der Waals surface area contributed by atoms with Gasteiger partial charge in [-0.15, -0.1) is 11.3 Å². The molecule has 7 nitrogen and oxygen atoms in total. The van der Waals surface area contributed by atoms with Gasteiger partial charge in [0.1, 0.15) is 24.7 Å². The number of hydrogen-bond donors (Lipinski definition) is 1. The van der Waals surface area contributed by atoms with E-state index in [2.05, 4.69) is 16.8 Å². The number of nitrogens with zero attached hydrogens (tertiary/aromatic N) is 2. The second-order valence-corrected chi connectivity index (χ2v) is 8.80. The Hall–Kier alpha value is -2.74. The van der Waals surface area contributed by atoms with Crippen molar-refractivity contribution in [2.24, 2.45) is 0 Å². The van der Waals surface area contributed by atoms with E-state index in [-0.39, 0.29) is 24.5 Å². The van der Waals surface area contributed by atoms with Crippen molar-refractivity contribution < 1.29 is 19.1 Å². The van der Waals surface area contributed by atoms with Crippen LogP contribution in [0.5, 0.6) is 11.5 Å². The van der Waals surface area contributed by atoms with Crippen LogP contribution in [0.25, 0.3) is 0 Å². The van der Waals surface area contributed by atoms with E-state index in [1.54, 1.807) is 23.3 Å². The molecule has 0 saturated heterocycles. The van der Waals surface area contributed by atoms with Gasteiger partial charge in [0.15, 0.2) is 0 Å². The van der Waals surface area contributed by atoms with Crippen LogP contribution in [0.15, 0.2) is 35.7 Å². The van der Waals surface area contributed by atoms with E-state index < -0.39 is 0 Å². The van der Waals surface area contributed by atoms with Gasteiger partial charge in [-0.2, -0.15) is 0 Å². The van der Waals surface area contributed by atoms with E-state index in [4.69, 9.17) is 9.47 Å². The molecule has 1 aromatic carbocycles. The van der Waals surface area contributed by atoms with Gasteiger partial charge < -0.3 is 24.6 Å². The Labute approximate surface area is 194 Å². The lowest BCUT2D eigenvalue weighted by atomic mass is 10.0. The Balaban J connectivity index is 1.73. The number of methoxy groups -OCH3 is 1. The molecule has 2 aromatic rings. The number of carbonyl (C=O) groups is 2. The highest BCUT2D eigenvalue weighted by molar-refractivity contribution is 7.10. The van der Waals surface area contributed by atoms with Crippen molar-refractivity contribution in [3.63, 3.8) is 0 Å². The lowest BCUT2D eigenvalue weighted by Gasteiger charge is -2.37. The zero-order valence-electron chi connectivity index (χ0n) is 19.1. The molecule has 0 saturated carbocycles. The second-order valence-electron chi connectivity index (χ2n) is 7.80. The SMILES string of the molecule is CCCNC(=O)N(CCC)CC(=O)N1CCc2sccc2[C@@H]1COc1cccc(OC)c1. The maximum Gasteiger partial charge on any atom is 0.317 e. The van der Waals surface area contributed by atoms with Crippen LogP contribution < -0.4 is 14.8 Å². The fourth-order valence-corrected chi connectivity index (χ4v) is 4.79. The van der Waals surface area contributed by atoms with E-state index in [1.807, 2.05) is 43.0 Å². The molecule has 1 N–H and O–H groups in total. The summed E-state index contributed by atoms with van der Waals surface area (Å²) in [7, 11) is 1.62. The number of amides is 3. The standard InChI is InChI=1S/C24H33N3O4S/c1-4-11-25-24(29)26(12-5-2)16-23(28)27-13-9-22-20(10-14-32-22)21(27)17-31-19-8-6-7-18(15-19)30-3/h6-8,10,14-15,21H,4-5,9,11-13,16-17H2,1-3H3,(H,25,29)/t21-/m0/s1. The van der Waals surface area contributed by atoms with Crippen molar-refractivity contribution in [2.75, 3.05) is 39.9 Å². The number of hydrogen-bond acceptors (Lipinski definition) is 5. The van der Waals surface area contributed by atoms with Crippen molar-refractivity contribution in [3.05, 3.63) is 46.2 Å². The molecule has 174 valence electrons. The number of nitrogens with one attached hydrogen (secondary N) is 1. The van der Waals surface area contributed by atoms with Gasteiger partial charge in [0, 0.05) is 30.6 Å². The number of carbonyl (C=O) groups excluding carboxylic acids is 2. The minimum absolute atomic E-state index is 0.0545. The molecule has 3 rings (SSSR count). The largest absolute Gasteiger partial charge is 0.497 e. The molecule has 8 heteroatoms. The first-order chi connectivity index (χ1) is 15.6. The number of ether oxygens (including phenoxy) is 2. The zero-order chi connectivity index (χ0) is 22.9. The first-order valence-electron chi connectivity index (χ1n) is 11.2. The lowest BCUT2D eigenvalue weighted by molar-refractivity contribution is -0.135. The number of rotatable bonds is 10. The van der Waals surface area contributed by atoms with Crippen LogP contribution in [0.1, 0.15) is 43.2 Å². The topological polar surface area (TPSA) is 71.1 Å². The van der Waals surface area contributed by atoms with E-state index in [0.717, 1.165) is 30.6 Å². The second kappa shape index (κ2) is 11.8. The molecule has 0 spiro atoms. The van der Waals surface area contributed by atoms with Crippen molar-refractivity contribution >= 4 is 23.3 Å². The summed E-state index contributed by atoms with van der Waals surface area (Å²) < 4.78 is 11.4. The van der Waals surface area contributed by atoms with Crippen molar-refractivity contribution in [1.29, 1.82) is 0 Å². The molecule has 1 aromatic heterocycles. The molecule has 1 aliphatic heterocycles. The van der Waals surface area contributed by atoms with Crippen molar-refractivity contribution in [2.45, 2.75) is 39.2 Å². The van der Waals surface area contributed by atoms with E-state index in [0.29, 0.717) is 32.0 Å². The molecule has 0 unspecified atom stereocenters. The van der Waals surface area contributed by atoms with Crippen molar-refractivity contribution in [3.8, 4) is 11.5 Å². The highest BCUT2D eigenvalue weighted by Gasteiger charge is 2.33. The van der Waals surface area contributed by atoms with Crippen LogP contribution in [0.3, 0.4) is 0 Å². The maximum absolute atomic E-state index is 13.3. The third-order valence-corrected chi connectivity index (χ3v) is 6.49. The van der Waals surface area contributed by atoms with Crippen LogP contribution in [0.2, 0.25) is 0 Å². The molecular weight excluding hydrogens is 426 g/mol. The molecular formula is C24H33N3O4S. The van der Waals surface area contributed by atoms with Gasteiger partial charge in [-0.3, -0.25) is 4.79 Å². The maximum atomic E-state index is 13.3. The van der Waals surface area contributed by atoms with Gasteiger partial charge in [-0.1, -0.05) is 19.9 Å². The molecule has 0 fully saturated rings. The molecule has 0 bridgehead atoms. The highest BCUT2D eigenvalue weighted by Crippen LogP contribution is 2.34. The molecule has 3 amide bonds. The van der Waals surface area contributed by atoms with E-state index in [1.165, 1.54) is 4.88 Å². The van der Waals surface area contributed by atoms with Crippen LogP contribution in [-0.2, 0) is 11.2 Å². The summed E-state index contributed by atoms with van der Waals surface area (Å²) in [6, 6.07) is 9.18. The fraction of sp³-hybridized carbons (Fsp3) is 0.500. The van der Waals surface area contributed by atoms with Crippen LogP contribution >= 0.6 is 11.3 Å². The Kier molecular flexibility index (Phi) is 8.79. The summed E-state index contributed by atoms with van der Waals surface area (Å²) in [5, 5.41) is 4.96. The molecule has 0 radical (unpaired) electrons.